The maximum atomic E-state index is 9.63. The van der Waals surface area contributed by atoms with E-state index in [1.165, 1.54) is 0 Å². The van der Waals surface area contributed by atoms with E-state index in [9.17, 15) is 8.42 Å². The summed E-state index contributed by atoms with van der Waals surface area (Å²) in [5.41, 5.74) is 0. The first-order chi connectivity index (χ1) is 3.06. The molecule has 0 aromatic heterocycles. The molecule has 0 amide bonds. The molecule has 4 nitrogen and oxygen atoms in total. The molecule has 0 saturated heterocycles. The van der Waals surface area contributed by atoms with Gasteiger partial charge in [-0.05, 0) is 0 Å². The quantitative estimate of drug-likeness (QED) is 0.322. The topological polar surface area (TPSA) is 74.6 Å². The molecule has 0 fully saturated rings. The second-order valence-electron chi connectivity index (χ2n) is 1.01. The normalized spacial score (nSPS) is 10.2. The summed E-state index contributed by atoms with van der Waals surface area (Å²) in [6, 6.07) is 0. The fraction of sp³-hybridized carbons (Fsp3) is 1.00. The Hall–Kier alpha value is 1.51. The van der Waals surface area contributed by atoms with Crippen LogP contribution in [0.1, 0.15) is 0 Å². The molecule has 0 unspecified atom stereocenters. The summed E-state index contributed by atoms with van der Waals surface area (Å²) < 4.78 is 27.1. The van der Waals surface area contributed by atoms with Gasteiger partial charge in [0.1, 0.15) is 0 Å². The summed E-state index contributed by atoms with van der Waals surface area (Å²) >= 11 is 0. The predicted octanol–water partition coefficient (Wildman–Crippen LogP) is -4.13. The third-order valence-electron chi connectivity index (χ3n) is 0.349. The van der Waals surface area contributed by atoms with Crippen molar-refractivity contribution in [2.45, 2.75) is 0 Å². The van der Waals surface area contributed by atoms with Crippen molar-refractivity contribution in [2.75, 3.05) is 12.4 Å². The van der Waals surface area contributed by atoms with E-state index in [0.717, 1.165) is 0 Å². The number of aliphatic hydroxyl groups is 1. The Morgan fingerprint density at radius 1 is 1.38 bits per heavy atom. The molecule has 0 saturated carbocycles. The molecule has 0 aromatic carbocycles. The second-order valence-corrected chi connectivity index (χ2v) is 2.58. The molecule has 0 aliphatic heterocycles. The second kappa shape index (κ2) is 5.30. The van der Waals surface area contributed by atoms with E-state index in [4.69, 9.17) is 9.66 Å². The molecule has 0 radical (unpaired) electrons. The van der Waals surface area contributed by atoms with Crippen LogP contribution in [0.15, 0.2) is 0 Å². The summed E-state index contributed by atoms with van der Waals surface area (Å²) in [6.07, 6.45) is 0. The average molecular weight is 165 g/mol. The molecule has 0 bridgehead atoms. The molecule has 6 heteroatoms. The van der Waals surface area contributed by atoms with Gasteiger partial charge in [0, 0.05) is 0 Å². The van der Waals surface area contributed by atoms with Gasteiger partial charge in [-0.25, -0.2) is 0 Å². The van der Waals surface area contributed by atoms with Crippen molar-refractivity contribution in [1.29, 1.82) is 0 Å². The number of rotatable bonds is 2. The Morgan fingerprint density at radius 3 is 1.75 bits per heavy atom. The summed E-state index contributed by atoms with van der Waals surface area (Å²) in [4.78, 5) is 0. The SMILES string of the molecule is O=S(=O)(O)CCO.[K+]. The Balaban J connectivity index is 0. The van der Waals surface area contributed by atoms with Crippen LogP contribution in [0.25, 0.3) is 0 Å². The zero-order chi connectivity index (χ0) is 5.91. The Labute approximate surface area is 90.4 Å². The minimum Gasteiger partial charge on any atom is -0.395 e. The van der Waals surface area contributed by atoms with E-state index >= 15 is 0 Å². The first-order valence-electron chi connectivity index (χ1n) is 1.62. The molecular weight excluding hydrogens is 159 g/mol. The van der Waals surface area contributed by atoms with Gasteiger partial charge in [0.2, 0.25) is 0 Å². The number of hydrogen-bond donors (Lipinski definition) is 2. The van der Waals surface area contributed by atoms with Crippen molar-refractivity contribution in [2.24, 2.45) is 0 Å². The largest absolute Gasteiger partial charge is 1.00 e. The maximum Gasteiger partial charge on any atom is 1.00 e. The molecule has 8 heavy (non-hydrogen) atoms. The van der Waals surface area contributed by atoms with Crippen LogP contribution in [-0.4, -0.2) is 30.4 Å². The summed E-state index contributed by atoms with van der Waals surface area (Å²) in [5.74, 6) is -0.576. The van der Waals surface area contributed by atoms with Gasteiger partial charge >= 0.3 is 51.4 Å². The third-order valence-corrected chi connectivity index (χ3v) is 1.05. The molecule has 44 valence electrons. The standard InChI is InChI=1S/C2H6O4S.K/c3-1-2-7(4,5)6;/h3H,1-2H2,(H,4,5,6);/q;+1. The van der Waals surface area contributed by atoms with Gasteiger partial charge in [-0.15, -0.1) is 0 Å². The number of hydrogen-bond acceptors (Lipinski definition) is 3. The molecule has 0 spiro atoms. The van der Waals surface area contributed by atoms with Gasteiger partial charge < -0.3 is 5.11 Å². The summed E-state index contributed by atoms with van der Waals surface area (Å²) in [6.45, 7) is -0.529. The molecule has 0 heterocycles. The van der Waals surface area contributed by atoms with Crippen molar-refractivity contribution in [3.05, 3.63) is 0 Å². The summed E-state index contributed by atoms with van der Waals surface area (Å²) in [7, 11) is -3.92. The van der Waals surface area contributed by atoms with Crippen LogP contribution in [0.4, 0.5) is 0 Å². The summed E-state index contributed by atoms with van der Waals surface area (Å²) in [5, 5.41) is 7.86. The van der Waals surface area contributed by atoms with E-state index in [-0.39, 0.29) is 51.4 Å². The van der Waals surface area contributed by atoms with Gasteiger partial charge in [0.25, 0.3) is 10.1 Å². The third kappa shape index (κ3) is 10.5. The minimum absolute atomic E-state index is 0. The van der Waals surface area contributed by atoms with Gasteiger partial charge in [0.05, 0.1) is 12.4 Å². The van der Waals surface area contributed by atoms with Gasteiger partial charge in [-0.2, -0.15) is 8.42 Å². The van der Waals surface area contributed by atoms with Gasteiger partial charge in [-0.1, -0.05) is 0 Å². The van der Waals surface area contributed by atoms with E-state index in [2.05, 4.69) is 0 Å². The molecule has 0 aromatic rings. The van der Waals surface area contributed by atoms with E-state index in [0.29, 0.717) is 0 Å². The van der Waals surface area contributed by atoms with Crippen molar-refractivity contribution >= 4 is 10.1 Å². The number of aliphatic hydroxyl groups excluding tert-OH is 1. The predicted molar refractivity (Wildman–Crippen MR) is 23.5 cm³/mol. The molecule has 0 rings (SSSR count). The monoisotopic (exact) mass is 165 g/mol. The first-order valence-corrected chi connectivity index (χ1v) is 3.23. The van der Waals surface area contributed by atoms with Crippen LogP contribution >= 0.6 is 0 Å². The van der Waals surface area contributed by atoms with Crippen LogP contribution in [0.3, 0.4) is 0 Å². The van der Waals surface area contributed by atoms with Crippen LogP contribution in [0.5, 0.6) is 0 Å². The van der Waals surface area contributed by atoms with Crippen molar-refractivity contribution in [1.82, 2.24) is 0 Å². The van der Waals surface area contributed by atoms with E-state index in [1.807, 2.05) is 0 Å². The average Bonchev–Trinajstić information content (AvgIpc) is 1.30. The molecule has 0 aliphatic carbocycles. The minimum atomic E-state index is -3.92. The zero-order valence-corrected chi connectivity index (χ0v) is 8.47. The van der Waals surface area contributed by atoms with Gasteiger partial charge in [-0.3, -0.25) is 4.55 Å². The first kappa shape index (κ1) is 12.2. The zero-order valence-electron chi connectivity index (χ0n) is 4.53. The van der Waals surface area contributed by atoms with Crippen molar-refractivity contribution < 1.29 is 69.5 Å². The Kier molecular flexibility index (Phi) is 8.09. The molecular formula is C2H6KO4S+. The van der Waals surface area contributed by atoms with Crippen LogP contribution in [0, 0.1) is 0 Å². The van der Waals surface area contributed by atoms with Crippen molar-refractivity contribution in [3.8, 4) is 0 Å². The van der Waals surface area contributed by atoms with Gasteiger partial charge in [0.15, 0.2) is 0 Å². The Morgan fingerprint density at radius 2 is 1.75 bits per heavy atom. The Bertz CT molecular complexity index is 127. The van der Waals surface area contributed by atoms with Crippen molar-refractivity contribution in [3.63, 3.8) is 0 Å². The van der Waals surface area contributed by atoms with E-state index < -0.39 is 22.5 Å². The van der Waals surface area contributed by atoms with Crippen LogP contribution in [-0.2, 0) is 10.1 Å². The molecule has 0 aliphatic rings. The smallest absolute Gasteiger partial charge is 0.395 e. The van der Waals surface area contributed by atoms with Crippen LogP contribution < -0.4 is 51.4 Å². The molecule has 0 atom stereocenters. The van der Waals surface area contributed by atoms with E-state index in [1.54, 1.807) is 0 Å². The fourth-order valence-corrected chi connectivity index (χ4v) is 0.346. The maximum absolute atomic E-state index is 9.63. The van der Waals surface area contributed by atoms with Crippen LogP contribution in [0.2, 0.25) is 0 Å². The molecule has 2 N–H and O–H groups in total. The fourth-order valence-electron chi connectivity index (χ4n) is 0.115.